The second-order valence-corrected chi connectivity index (χ2v) is 5.23. The van der Waals surface area contributed by atoms with Gasteiger partial charge >= 0.3 is 0 Å². The molecule has 0 spiro atoms. The highest BCUT2D eigenvalue weighted by Gasteiger charge is 2.26. The fourth-order valence-electron chi connectivity index (χ4n) is 1.63. The normalized spacial score (nSPS) is 11.0. The molecule has 8 heteroatoms. The average molecular weight is 392 g/mol. The summed E-state index contributed by atoms with van der Waals surface area (Å²) in [7, 11) is 0. The lowest BCUT2D eigenvalue weighted by Gasteiger charge is -2.08. The Labute approximate surface area is 135 Å². The summed E-state index contributed by atoms with van der Waals surface area (Å²) in [5, 5.41) is 1.64. The van der Waals surface area contributed by atoms with Crippen LogP contribution >= 0.6 is 15.9 Å². The van der Waals surface area contributed by atoms with Crippen LogP contribution in [0.25, 0.3) is 6.08 Å². The Morgan fingerprint density at radius 2 is 1.35 bits per heavy atom. The highest BCUT2D eigenvalue weighted by atomic mass is 79.9. The summed E-state index contributed by atoms with van der Waals surface area (Å²) in [4.78, 5) is 11.6. The Hall–Kier alpha value is -2.22. The van der Waals surface area contributed by atoms with Crippen molar-refractivity contribution in [3.8, 4) is 0 Å². The van der Waals surface area contributed by atoms with Gasteiger partial charge in [0.1, 0.15) is 5.69 Å². The van der Waals surface area contributed by atoms with Crippen molar-refractivity contribution in [2.75, 3.05) is 5.32 Å². The Kier molecular flexibility index (Phi) is 5.15. The summed E-state index contributed by atoms with van der Waals surface area (Å²) in [5.41, 5.74) is -0.799. The van der Waals surface area contributed by atoms with Crippen molar-refractivity contribution in [1.29, 1.82) is 0 Å². The van der Waals surface area contributed by atoms with Crippen LogP contribution in [0.4, 0.5) is 27.6 Å². The van der Waals surface area contributed by atoms with E-state index in [1.807, 2.05) is 0 Å². The smallest absolute Gasteiger partial charge is 0.248 e. The summed E-state index contributed by atoms with van der Waals surface area (Å²) < 4.78 is 66.5. The first-order valence-corrected chi connectivity index (χ1v) is 6.86. The minimum atomic E-state index is -2.29. The lowest BCUT2D eigenvalue weighted by atomic mass is 10.2. The summed E-state index contributed by atoms with van der Waals surface area (Å²) in [5.74, 6) is -11.8. The lowest BCUT2D eigenvalue weighted by Crippen LogP contribution is -2.14. The molecule has 2 aromatic rings. The van der Waals surface area contributed by atoms with Crippen LogP contribution in [0.1, 0.15) is 5.56 Å². The Balaban J connectivity index is 2.22. The number of nitrogens with one attached hydrogen (secondary N) is 1. The molecule has 0 fully saturated rings. The molecule has 0 aliphatic carbocycles. The molecule has 0 aliphatic rings. The molecule has 2 nitrogen and oxygen atoms in total. The van der Waals surface area contributed by atoms with Crippen LogP contribution in [-0.4, -0.2) is 5.91 Å². The zero-order valence-electron chi connectivity index (χ0n) is 11.1. The summed E-state index contributed by atoms with van der Waals surface area (Å²) in [6, 6.07) is 6.68. The maximum Gasteiger partial charge on any atom is 0.248 e. The van der Waals surface area contributed by atoms with E-state index in [-0.39, 0.29) is 0 Å². The molecule has 0 unspecified atom stereocenters. The minimum Gasteiger partial charge on any atom is -0.317 e. The third kappa shape index (κ3) is 3.76. The molecule has 0 radical (unpaired) electrons. The van der Waals surface area contributed by atoms with Crippen LogP contribution in [0.5, 0.6) is 0 Å². The molecule has 120 valence electrons. The van der Waals surface area contributed by atoms with Gasteiger partial charge in [-0.15, -0.1) is 0 Å². The highest BCUT2D eigenvalue weighted by molar-refractivity contribution is 9.10. The fourth-order valence-corrected chi connectivity index (χ4v) is 1.89. The van der Waals surface area contributed by atoms with E-state index in [1.165, 1.54) is 6.08 Å². The van der Waals surface area contributed by atoms with Gasteiger partial charge in [-0.25, -0.2) is 22.0 Å². The molecule has 0 aliphatic heterocycles. The quantitative estimate of drug-likeness (QED) is 0.346. The number of rotatable bonds is 3. The number of benzene rings is 2. The first kappa shape index (κ1) is 17.1. The van der Waals surface area contributed by atoms with E-state index in [9.17, 15) is 26.7 Å². The van der Waals surface area contributed by atoms with E-state index in [0.29, 0.717) is 5.56 Å². The molecule has 0 heterocycles. The van der Waals surface area contributed by atoms with Crippen molar-refractivity contribution >= 4 is 33.6 Å². The maximum absolute atomic E-state index is 13.4. The molecule has 0 saturated heterocycles. The van der Waals surface area contributed by atoms with E-state index in [2.05, 4.69) is 15.9 Å². The van der Waals surface area contributed by atoms with E-state index < -0.39 is 40.7 Å². The maximum atomic E-state index is 13.4. The number of anilines is 1. The average Bonchev–Trinajstić information content (AvgIpc) is 2.54. The van der Waals surface area contributed by atoms with E-state index in [1.54, 1.807) is 29.6 Å². The number of hydrogen-bond acceptors (Lipinski definition) is 1. The number of amides is 1. The van der Waals surface area contributed by atoms with Gasteiger partial charge in [0.15, 0.2) is 23.3 Å². The number of carbonyl (C=O) groups excluding carboxylic acids is 1. The molecular weight excluding hydrogens is 385 g/mol. The van der Waals surface area contributed by atoms with Crippen molar-refractivity contribution in [3.05, 3.63) is 69.5 Å². The predicted octanol–water partition coefficient (Wildman–Crippen LogP) is 4.80. The first-order chi connectivity index (χ1) is 10.8. The highest BCUT2D eigenvalue weighted by Crippen LogP contribution is 2.27. The molecule has 2 rings (SSSR count). The van der Waals surface area contributed by atoms with Crippen molar-refractivity contribution in [3.63, 3.8) is 0 Å². The van der Waals surface area contributed by atoms with E-state index in [4.69, 9.17) is 0 Å². The molecule has 0 saturated carbocycles. The zero-order chi connectivity index (χ0) is 17.1. The van der Waals surface area contributed by atoms with Gasteiger partial charge in [0.05, 0.1) is 0 Å². The molecule has 0 atom stereocenters. The van der Waals surface area contributed by atoms with Gasteiger partial charge < -0.3 is 5.32 Å². The molecule has 23 heavy (non-hydrogen) atoms. The molecule has 2 aromatic carbocycles. The third-order valence-corrected chi connectivity index (χ3v) is 3.28. The van der Waals surface area contributed by atoms with Gasteiger partial charge in [0.25, 0.3) is 0 Å². The van der Waals surface area contributed by atoms with Crippen LogP contribution in [0.2, 0.25) is 0 Å². The fraction of sp³-hybridized carbons (Fsp3) is 0. The molecule has 1 N–H and O–H groups in total. The molecule has 0 aromatic heterocycles. The van der Waals surface area contributed by atoms with Crippen LogP contribution in [0.3, 0.4) is 0 Å². The van der Waals surface area contributed by atoms with Crippen molar-refractivity contribution in [2.45, 2.75) is 0 Å². The zero-order valence-corrected chi connectivity index (χ0v) is 12.7. The molecular formula is C15H7BrF5NO. The van der Waals surface area contributed by atoms with Crippen molar-refractivity contribution in [1.82, 2.24) is 0 Å². The van der Waals surface area contributed by atoms with E-state index in [0.717, 1.165) is 10.5 Å². The van der Waals surface area contributed by atoms with Crippen LogP contribution < -0.4 is 5.32 Å². The number of hydrogen-bond donors (Lipinski definition) is 1. The van der Waals surface area contributed by atoms with Gasteiger partial charge in [-0.2, -0.15) is 0 Å². The topological polar surface area (TPSA) is 29.1 Å². The van der Waals surface area contributed by atoms with Gasteiger partial charge in [-0.1, -0.05) is 28.1 Å². The van der Waals surface area contributed by atoms with Crippen molar-refractivity contribution in [2.24, 2.45) is 0 Å². The second-order valence-electron chi connectivity index (χ2n) is 4.32. The van der Waals surface area contributed by atoms with Crippen LogP contribution in [0.15, 0.2) is 34.8 Å². The molecule has 1 amide bonds. The standard InChI is InChI=1S/C15H7BrF5NO/c16-8-4-1-7(2-5-8)3-6-9(23)22-15-13(20)11(18)10(17)12(19)14(15)21/h1-6H,(H,22,23). The Morgan fingerprint density at radius 3 is 1.87 bits per heavy atom. The Bertz CT molecular complexity index is 760. The summed E-state index contributed by atoms with van der Waals surface area (Å²) in [6.45, 7) is 0. The van der Waals surface area contributed by atoms with Gasteiger partial charge in [-0.05, 0) is 23.8 Å². The largest absolute Gasteiger partial charge is 0.317 e. The third-order valence-electron chi connectivity index (χ3n) is 2.76. The van der Waals surface area contributed by atoms with Gasteiger partial charge in [0.2, 0.25) is 11.7 Å². The number of halogens is 6. The van der Waals surface area contributed by atoms with Crippen molar-refractivity contribution < 1.29 is 26.7 Å². The summed E-state index contributed by atoms with van der Waals surface area (Å²) in [6.07, 6.45) is 2.22. The minimum absolute atomic E-state index is 0.598. The lowest BCUT2D eigenvalue weighted by molar-refractivity contribution is -0.111. The number of carbonyl (C=O) groups is 1. The SMILES string of the molecule is O=C(C=Cc1ccc(Br)cc1)Nc1c(F)c(F)c(F)c(F)c1F. The Morgan fingerprint density at radius 1 is 0.870 bits per heavy atom. The first-order valence-electron chi connectivity index (χ1n) is 6.07. The van der Waals surface area contributed by atoms with E-state index >= 15 is 0 Å². The summed E-state index contributed by atoms with van der Waals surface area (Å²) >= 11 is 3.22. The monoisotopic (exact) mass is 391 g/mol. The van der Waals surface area contributed by atoms with Crippen LogP contribution in [0, 0.1) is 29.1 Å². The van der Waals surface area contributed by atoms with Gasteiger partial charge in [-0.3, -0.25) is 4.79 Å². The van der Waals surface area contributed by atoms with Gasteiger partial charge in [0, 0.05) is 10.5 Å². The predicted molar refractivity (Wildman–Crippen MR) is 78.0 cm³/mol. The van der Waals surface area contributed by atoms with Crippen LogP contribution in [-0.2, 0) is 4.79 Å². The second kappa shape index (κ2) is 6.91. The molecule has 0 bridgehead atoms.